The van der Waals surface area contributed by atoms with Gasteiger partial charge in [-0.3, -0.25) is 13.8 Å². The fourth-order valence-electron chi connectivity index (χ4n) is 4.34. The van der Waals surface area contributed by atoms with Crippen LogP contribution in [0.15, 0.2) is 24.3 Å². The van der Waals surface area contributed by atoms with Crippen LogP contribution >= 0.6 is 7.82 Å². The molecule has 6 N–H and O–H groups in total. The monoisotopic (exact) mass is 604 g/mol. The van der Waals surface area contributed by atoms with Crippen molar-refractivity contribution < 1.29 is 33.5 Å². The van der Waals surface area contributed by atoms with Crippen LogP contribution in [0.3, 0.4) is 0 Å². The van der Waals surface area contributed by atoms with E-state index >= 15 is 0 Å². The van der Waals surface area contributed by atoms with Gasteiger partial charge in [-0.1, -0.05) is 102 Å². The third kappa shape index (κ3) is 26.3. The summed E-state index contributed by atoms with van der Waals surface area (Å²) in [6.07, 6.45) is 24.2. The Kier molecular flexibility index (Phi) is 27.0. The molecule has 10 heteroatoms. The van der Waals surface area contributed by atoms with Gasteiger partial charge in [0.1, 0.15) is 0 Å². The lowest BCUT2D eigenvalue weighted by atomic mass is 10.1. The lowest BCUT2D eigenvalue weighted by molar-refractivity contribution is -0.124. The van der Waals surface area contributed by atoms with E-state index < -0.39 is 38.6 Å². The van der Waals surface area contributed by atoms with Gasteiger partial charge in [0.2, 0.25) is 5.91 Å². The highest BCUT2D eigenvalue weighted by atomic mass is 31.2. The van der Waals surface area contributed by atoms with Gasteiger partial charge in [0.05, 0.1) is 37.9 Å². The lowest BCUT2D eigenvalue weighted by Crippen LogP contribution is -2.46. The van der Waals surface area contributed by atoms with Gasteiger partial charge < -0.3 is 26.2 Å². The Morgan fingerprint density at radius 3 is 2.00 bits per heavy atom. The van der Waals surface area contributed by atoms with Crippen LogP contribution in [0, 0.1) is 0 Å². The zero-order valence-corrected chi connectivity index (χ0v) is 26.8. The molecule has 0 spiro atoms. The summed E-state index contributed by atoms with van der Waals surface area (Å²) in [5.74, 6) is -0.462. The van der Waals surface area contributed by atoms with E-state index in [1.807, 2.05) is 6.08 Å². The average molecular weight is 605 g/mol. The van der Waals surface area contributed by atoms with Gasteiger partial charge in [0, 0.05) is 6.54 Å². The van der Waals surface area contributed by atoms with E-state index in [0.717, 1.165) is 51.4 Å². The van der Waals surface area contributed by atoms with E-state index in [1.165, 1.54) is 51.4 Å². The summed E-state index contributed by atoms with van der Waals surface area (Å²) in [6, 6.07) is -0.981. The molecular formula is C31H61N2O7P. The summed E-state index contributed by atoms with van der Waals surface area (Å²) < 4.78 is 21.8. The number of phosphoric acid groups is 1. The Labute approximate surface area is 250 Å². The number of rotatable bonds is 29. The Morgan fingerprint density at radius 1 is 0.829 bits per heavy atom. The molecule has 0 aromatic carbocycles. The number of aliphatic hydroxyl groups excluding tert-OH is 2. The number of nitrogens with one attached hydrogen (secondary N) is 1. The molecule has 0 saturated heterocycles. The maximum Gasteiger partial charge on any atom is 0.472 e. The zero-order valence-electron chi connectivity index (χ0n) is 25.9. The van der Waals surface area contributed by atoms with Crippen molar-refractivity contribution in [3.8, 4) is 0 Å². The number of unbranched alkanes of at least 4 members (excludes halogenated alkanes) is 13. The number of aliphatic hydroxyl groups is 2. The average Bonchev–Trinajstić information content (AvgIpc) is 2.94. The maximum absolute atomic E-state index is 12.6. The molecule has 4 atom stereocenters. The summed E-state index contributed by atoms with van der Waals surface area (Å²) >= 11 is 0. The number of hydrogen-bond donors (Lipinski definition) is 5. The fourth-order valence-corrected chi connectivity index (χ4v) is 5.10. The summed E-state index contributed by atoms with van der Waals surface area (Å²) in [6.45, 7) is 3.85. The van der Waals surface area contributed by atoms with Gasteiger partial charge in [-0.05, 0) is 44.9 Å². The number of nitrogens with two attached hydrogens (primary N) is 1. The SMILES string of the molecule is CCCCC/C=C\CCCCCC(O)CC(=O)NC(COP(=O)(O)OCCN)C(O)/C=C/CCCCCCCCC. The summed E-state index contributed by atoms with van der Waals surface area (Å²) in [5.41, 5.74) is 5.31. The molecule has 0 aromatic heterocycles. The number of allylic oxidation sites excluding steroid dienone is 3. The Hall–Kier alpha value is -1.06. The molecule has 0 saturated carbocycles. The lowest BCUT2D eigenvalue weighted by Gasteiger charge is -2.24. The molecule has 0 aliphatic heterocycles. The van der Waals surface area contributed by atoms with Gasteiger partial charge >= 0.3 is 7.82 Å². The molecule has 0 bridgehead atoms. The van der Waals surface area contributed by atoms with Gasteiger partial charge in [0.25, 0.3) is 0 Å². The minimum Gasteiger partial charge on any atom is -0.393 e. The van der Waals surface area contributed by atoms with Crippen LogP contribution in [0.2, 0.25) is 0 Å². The van der Waals surface area contributed by atoms with E-state index in [0.29, 0.717) is 6.42 Å². The quantitative estimate of drug-likeness (QED) is 0.0371. The molecule has 0 aliphatic carbocycles. The summed E-state index contributed by atoms with van der Waals surface area (Å²) in [7, 11) is -4.38. The van der Waals surface area contributed by atoms with E-state index in [4.69, 9.17) is 14.8 Å². The first-order chi connectivity index (χ1) is 19.8. The van der Waals surface area contributed by atoms with Crippen LogP contribution < -0.4 is 11.1 Å². The van der Waals surface area contributed by atoms with Crippen molar-refractivity contribution in [1.29, 1.82) is 0 Å². The van der Waals surface area contributed by atoms with Gasteiger partial charge in [-0.2, -0.15) is 0 Å². The molecule has 1 amide bonds. The molecule has 0 heterocycles. The van der Waals surface area contributed by atoms with E-state index in [2.05, 4.69) is 31.3 Å². The van der Waals surface area contributed by atoms with Crippen molar-refractivity contribution in [3.05, 3.63) is 24.3 Å². The van der Waals surface area contributed by atoms with E-state index in [9.17, 15) is 24.5 Å². The van der Waals surface area contributed by atoms with Crippen LogP contribution in [0.4, 0.5) is 0 Å². The molecule has 242 valence electrons. The largest absolute Gasteiger partial charge is 0.472 e. The smallest absolute Gasteiger partial charge is 0.393 e. The zero-order chi connectivity index (χ0) is 30.6. The second kappa shape index (κ2) is 27.8. The number of hydrogen-bond acceptors (Lipinski definition) is 7. The van der Waals surface area contributed by atoms with Crippen LogP contribution in [0.1, 0.15) is 129 Å². The minimum absolute atomic E-state index is 0.0473. The Morgan fingerprint density at radius 2 is 1.37 bits per heavy atom. The highest BCUT2D eigenvalue weighted by Crippen LogP contribution is 2.43. The predicted molar refractivity (Wildman–Crippen MR) is 167 cm³/mol. The van der Waals surface area contributed by atoms with Crippen molar-refractivity contribution >= 4 is 13.7 Å². The van der Waals surface area contributed by atoms with Crippen molar-refractivity contribution in [3.63, 3.8) is 0 Å². The van der Waals surface area contributed by atoms with Crippen LogP contribution in [-0.4, -0.2) is 59.0 Å². The topological polar surface area (TPSA) is 151 Å². The van der Waals surface area contributed by atoms with Gasteiger partial charge in [-0.15, -0.1) is 0 Å². The second-order valence-corrected chi connectivity index (χ2v) is 12.3. The molecule has 4 unspecified atom stereocenters. The number of carbonyl (C=O) groups excluding carboxylic acids is 1. The van der Waals surface area contributed by atoms with Gasteiger partial charge in [0.15, 0.2) is 0 Å². The van der Waals surface area contributed by atoms with Crippen LogP contribution in [0.25, 0.3) is 0 Å². The second-order valence-electron chi connectivity index (χ2n) is 10.9. The highest BCUT2D eigenvalue weighted by molar-refractivity contribution is 7.47. The van der Waals surface area contributed by atoms with Crippen molar-refractivity contribution in [1.82, 2.24) is 5.32 Å². The molecule has 41 heavy (non-hydrogen) atoms. The summed E-state index contributed by atoms with van der Waals surface area (Å²) in [4.78, 5) is 22.4. The molecule has 0 fully saturated rings. The van der Waals surface area contributed by atoms with Crippen molar-refractivity contribution in [2.45, 2.75) is 148 Å². The first kappa shape index (κ1) is 39.9. The van der Waals surface area contributed by atoms with Crippen molar-refractivity contribution in [2.75, 3.05) is 19.8 Å². The Bertz CT molecular complexity index is 721. The van der Waals surface area contributed by atoms with Crippen LogP contribution in [0.5, 0.6) is 0 Å². The third-order valence-corrected chi connectivity index (χ3v) is 7.81. The number of amides is 1. The molecular weight excluding hydrogens is 543 g/mol. The normalized spacial score (nSPS) is 15.8. The van der Waals surface area contributed by atoms with Gasteiger partial charge in [-0.25, -0.2) is 4.57 Å². The fraction of sp³-hybridized carbons (Fsp3) is 0.839. The molecule has 0 radical (unpaired) electrons. The predicted octanol–water partition coefficient (Wildman–Crippen LogP) is 6.46. The first-order valence-electron chi connectivity index (χ1n) is 16.0. The molecule has 0 rings (SSSR count). The third-order valence-electron chi connectivity index (χ3n) is 6.83. The van der Waals surface area contributed by atoms with Crippen LogP contribution in [-0.2, 0) is 18.4 Å². The summed E-state index contributed by atoms with van der Waals surface area (Å²) in [5, 5.41) is 23.7. The first-order valence-corrected chi connectivity index (χ1v) is 17.5. The Balaban J connectivity index is 4.59. The minimum atomic E-state index is -4.38. The molecule has 0 aromatic rings. The molecule has 0 aliphatic rings. The molecule has 9 nitrogen and oxygen atoms in total. The van der Waals surface area contributed by atoms with Crippen molar-refractivity contribution in [2.24, 2.45) is 5.73 Å². The van der Waals surface area contributed by atoms with E-state index in [1.54, 1.807) is 6.08 Å². The number of phosphoric ester groups is 1. The maximum atomic E-state index is 12.6. The highest BCUT2D eigenvalue weighted by Gasteiger charge is 2.27. The standard InChI is InChI=1S/C31H61N2O7P/c1-3-5-7-9-11-13-15-16-18-20-22-28(34)26-31(36)33-29(27-40-41(37,38)39-25-24-32)30(35)23-21-19-17-14-12-10-8-6-4-2/h11,13,21,23,28-30,34-35H,3-10,12,14-20,22,24-27,32H2,1-2H3,(H,33,36)(H,37,38)/b13-11-,23-21+. The number of carbonyl (C=O) groups is 1. The van der Waals surface area contributed by atoms with E-state index in [-0.39, 0.29) is 19.6 Å².